The van der Waals surface area contributed by atoms with Crippen molar-refractivity contribution in [2.45, 2.75) is 51.5 Å². The van der Waals surface area contributed by atoms with E-state index >= 15 is 0 Å². The highest BCUT2D eigenvalue weighted by Gasteiger charge is 2.50. The van der Waals surface area contributed by atoms with Crippen molar-refractivity contribution in [2.75, 3.05) is 26.2 Å². The Morgan fingerprint density at radius 1 is 1.16 bits per heavy atom. The van der Waals surface area contributed by atoms with Crippen molar-refractivity contribution in [3.05, 3.63) is 35.8 Å². The Hall–Kier alpha value is -2.41. The van der Waals surface area contributed by atoms with Crippen LogP contribution in [-0.4, -0.2) is 58.3 Å². The van der Waals surface area contributed by atoms with Crippen molar-refractivity contribution in [3.63, 3.8) is 0 Å². The first-order valence-electron chi connectivity index (χ1n) is 12.3. The van der Waals surface area contributed by atoms with E-state index in [9.17, 15) is 9.59 Å². The Morgan fingerprint density at radius 3 is 2.56 bits per heavy atom. The summed E-state index contributed by atoms with van der Waals surface area (Å²) in [5.74, 6) is 2.48. The fourth-order valence-corrected chi connectivity index (χ4v) is 7.44. The number of piperazine rings is 1. The van der Waals surface area contributed by atoms with Gasteiger partial charge in [-0.2, -0.15) is 0 Å². The molecule has 0 radical (unpaired) electrons. The normalized spacial score (nSPS) is 33.6. The monoisotopic (exact) mass is 435 g/mol. The van der Waals surface area contributed by atoms with Gasteiger partial charge in [0.2, 0.25) is 0 Å². The fourth-order valence-electron chi connectivity index (χ4n) is 7.44. The van der Waals surface area contributed by atoms with Crippen LogP contribution >= 0.6 is 0 Å². The molecule has 4 bridgehead atoms. The van der Waals surface area contributed by atoms with E-state index in [4.69, 9.17) is 0 Å². The zero-order chi connectivity index (χ0) is 21.9. The molecule has 7 nitrogen and oxygen atoms in total. The second kappa shape index (κ2) is 7.58. The molecular formula is C25H33N5O2. The summed E-state index contributed by atoms with van der Waals surface area (Å²) in [5, 5.41) is 6.62. The Labute approximate surface area is 188 Å². The third-order valence-electron chi connectivity index (χ3n) is 8.39. The van der Waals surface area contributed by atoms with E-state index in [0.717, 1.165) is 30.8 Å². The predicted molar refractivity (Wildman–Crippen MR) is 121 cm³/mol. The molecule has 0 aromatic carbocycles. The van der Waals surface area contributed by atoms with E-state index in [1.807, 2.05) is 23.1 Å². The van der Waals surface area contributed by atoms with E-state index in [-0.39, 0.29) is 17.9 Å². The Bertz CT molecular complexity index is 1020. The van der Waals surface area contributed by atoms with E-state index < -0.39 is 0 Å². The summed E-state index contributed by atoms with van der Waals surface area (Å²) < 4.78 is 1.77. The summed E-state index contributed by atoms with van der Waals surface area (Å²) >= 11 is 0. The molecule has 2 amide bonds. The zero-order valence-electron chi connectivity index (χ0n) is 18.8. The van der Waals surface area contributed by atoms with Gasteiger partial charge in [0.25, 0.3) is 11.8 Å². The molecule has 4 aliphatic carbocycles. The van der Waals surface area contributed by atoms with E-state index in [2.05, 4.69) is 22.5 Å². The highest BCUT2D eigenvalue weighted by atomic mass is 16.2. The van der Waals surface area contributed by atoms with Crippen LogP contribution in [0.4, 0.5) is 0 Å². The molecule has 170 valence electrons. The summed E-state index contributed by atoms with van der Waals surface area (Å²) in [4.78, 5) is 32.6. The molecule has 7 heteroatoms. The number of imidazole rings is 1. The molecule has 2 aromatic rings. The number of carbonyl (C=O) groups is 2. The van der Waals surface area contributed by atoms with Gasteiger partial charge in [-0.25, -0.2) is 4.98 Å². The number of pyridine rings is 1. The molecule has 5 aliphatic rings. The lowest BCUT2D eigenvalue weighted by molar-refractivity contribution is -0.0503. The van der Waals surface area contributed by atoms with Gasteiger partial charge < -0.3 is 15.5 Å². The van der Waals surface area contributed by atoms with Crippen LogP contribution < -0.4 is 10.6 Å². The third kappa shape index (κ3) is 3.51. The predicted octanol–water partition coefficient (Wildman–Crippen LogP) is 2.71. The van der Waals surface area contributed by atoms with Crippen molar-refractivity contribution < 1.29 is 9.59 Å². The molecule has 7 rings (SSSR count). The van der Waals surface area contributed by atoms with Crippen LogP contribution in [0.2, 0.25) is 0 Å². The number of fused-ring (bicyclic) bond motifs is 1. The highest BCUT2D eigenvalue weighted by molar-refractivity contribution is 5.95. The van der Waals surface area contributed by atoms with Gasteiger partial charge in [-0.15, -0.1) is 0 Å². The Morgan fingerprint density at radius 2 is 1.88 bits per heavy atom. The SMILES string of the molecule is C[C@@H]1CN(C(=O)c2cn3c(C(=O)NCC45CC6CC(CC(C6)C4)C5)cccc3n2)CCN1. The average molecular weight is 436 g/mol. The van der Waals surface area contributed by atoms with Crippen LogP contribution in [0.1, 0.15) is 66.4 Å². The number of nitrogens with one attached hydrogen (secondary N) is 2. The molecule has 3 heterocycles. The Kier molecular flexibility index (Phi) is 4.79. The third-order valence-corrected chi connectivity index (χ3v) is 8.39. The van der Waals surface area contributed by atoms with E-state index in [0.29, 0.717) is 35.5 Å². The van der Waals surface area contributed by atoms with Gasteiger partial charge >= 0.3 is 0 Å². The molecular weight excluding hydrogens is 402 g/mol. The number of amides is 2. The van der Waals surface area contributed by atoms with E-state index in [1.165, 1.54) is 38.5 Å². The summed E-state index contributed by atoms with van der Waals surface area (Å²) in [6.07, 6.45) is 9.77. The van der Waals surface area contributed by atoms with Gasteiger partial charge in [0.05, 0.1) is 0 Å². The molecule has 1 atom stereocenters. The molecule has 5 fully saturated rings. The maximum Gasteiger partial charge on any atom is 0.274 e. The quantitative estimate of drug-likeness (QED) is 0.774. The van der Waals surface area contributed by atoms with Crippen LogP contribution in [0.25, 0.3) is 5.65 Å². The van der Waals surface area contributed by atoms with Crippen molar-refractivity contribution >= 4 is 17.5 Å². The average Bonchev–Trinajstić information content (AvgIpc) is 3.20. The minimum atomic E-state index is -0.0708. The smallest absolute Gasteiger partial charge is 0.274 e. The lowest BCUT2D eigenvalue weighted by Gasteiger charge is -2.56. The van der Waals surface area contributed by atoms with Gasteiger partial charge in [0.1, 0.15) is 17.0 Å². The first kappa shape index (κ1) is 20.2. The summed E-state index contributed by atoms with van der Waals surface area (Å²) in [7, 11) is 0. The lowest BCUT2D eigenvalue weighted by atomic mass is 9.49. The minimum Gasteiger partial charge on any atom is -0.350 e. The molecule has 4 saturated carbocycles. The van der Waals surface area contributed by atoms with Gasteiger partial charge in [0.15, 0.2) is 0 Å². The highest BCUT2D eigenvalue weighted by Crippen LogP contribution is 2.59. The van der Waals surface area contributed by atoms with Crippen LogP contribution in [0.5, 0.6) is 0 Å². The largest absolute Gasteiger partial charge is 0.350 e. The van der Waals surface area contributed by atoms with Gasteiger partial charge in [-0.1, -0.05) is 6.07 Å². The maximum absolute atomic E-state index is 13.2. The summed E-state index contributed by atoms with van der Waals surface area (Å²) in [6, 6.07) is 5.80. The molecule has 2 N–H and O–H groups in total. The summed E-state index contributed by atoms with van der Waals surface area (Å²) in [6.45, 7) is 4.99. The van der Waals surface area contributed by atoms with Gasteiger partial charge in [0, 0.05) is 38.4 Å². The van der Waals surface area contributed by atoms with Crippen molar-refractivity contribution in [2.24, 2.45) is 23.2 Å². The van der Waals surface area contributed by atoms with Crippen molar-refractivity contribution in [1.29, 1.82) is 0 Å². The lowest BCUT2D eigenvalue weighted by Crippen LogP contribution is -2.51. The van der Waals surface area contributed by atoms with E-state index in [1.54, 1.807) is 10.6 Å². The molecule has 0 unspecified atom stereocenters. The Balaban J connectivity index is 1.19. The maximum atomic E-state index is 13.2. The molecule has 32 heavy (non-hydrogen) atoms. The minimum absolute atomic E-state index is 0.0676. The zero-order valence-corrected chi connectivity index (χ0v) is 18.8. The van der Waals surface area contributed by atoms with Crippen LogP contribution in [0.3, 0.4) is 0 Å². The number of nitrogens with zero attached hydrogens (tertiary/aromatic N) is 3. The van der Waals surface area contributed by atoms with Crippen molar-refractivity contribution in [1.82, 2.24) is 24.9 Å². The second-order valence-corrected chi connectivity index (χ2v) is 11.0. The first-order valence-corrected chi connectivity index (χ1v) is 12.3. The van der Waals surface area contributed by atoms with Gasteiger partial charge in [-0.05, 0) is 80.8 Å². The van der Waals surface area contributed by atoms with Crippen LogP contribution in [0.15, 0.2) is 24.4 Å². The van der Waals surface area contributed by atoms with Crippen LogP contribution in [0, 0.1) is 23.2 Å². The molecule has 0 spiro atoms. The molecule has 2 aromatic heterocycles. The second-order valence-electron chi connectivity index (χ2n) is 11.0. The number of hydrogen-bond donors (Lipinski definition) is 2. The topological polar surface area (TPSA) is 78.7 Å². The number of rotatable bonds is 4. The molecule has 1 aliphatic heterocycles. The first-order chi connectivity index (χ1) is 15.5. The number of carbonyl (C=O) groups excluding carboxylic acids is 2. The number of hydrogen-bond acceptors (Lipinski definition) is 4. The fraction of sp³-hybridized carbons (Fsp3) is 0.640. The van der Waals surface area contributed by atoms with Crippen LogP contribution in [-0.2, 0) is 0 Å². The molecule has 1 saturated heterocycles. The van der Waals surface area contributed by atoms with Gasteiger partial charge in [-0.3, -0.25) is 14.0 Å². The van der Waals surface area contributed by atoms with Crippen molar-refractivity contribution in [3.8, 4) is 0 Å². The summed E-state index contributed by atoms with van der Waals surface area (Å²) in [5.41, 5.74) is 1.89. The number of aromatic nitrogens is 2. The standard InChI is InChI=1S/C25H33N5O2/c1-16-13-29(6-5-26-16)24(32)20-14-30-21(3-2-4-22(30)28-20)23(31)27-15-25-10-17-7-18(11-25)9-19(8-17)12-25/h2-4,14,16-19,26H,5-13,15H2,1H3,(H,27,31)/t16-,17?,18?,19?,25?/m1/s1.